The number of fused-ring (bicyclic) bond motifs is 1. The number of benzene rings is 1. The summed E-state index contributed by atoms with van der Waals surface area (Å²) in [6.45, 7) is 0.771. The SMILES string of the molecule is O=C(O)C1(Cc2cnc3ccccc3c2)CCCN1. The van der Waals surface area contributed by atoms with E-state index in [9.17, 15) is 9.90 Å². The summed E-state index contributed by atoms with van der Waals surface area (Å²) < 4.78 is 0. The van der Waals surface area contributed by atoms with Crippen LogP contribution in [0.5, 0.6) is 0 Å². The van der Waals surface area contributed by atoms with E-state index in [4.69, 9.17) is 0 Å². The molecule has 0 aliphatic carbocycles. The van der Waals surface area contributed by atoms with E-state index >= 15 is 0 Å². The van der Waals surface area contributed by atoms with Crippen molar-refractivity contribution in [2.24, 2.45) is 0 Å². The van der Waals surface area contributed by atoms with Gasteiger partial charge in [-0.15, -0.1) is 0 Å². The Morgan fingerprint density at radius 2 is 2.26 bits per heavy atom. The number of nitrogens with one attached hydrogen (secondary N) is 1. The average molecular weight is 256 g/mol. The topological polar surface area (TPSA) is 62.2 Å². The van der Waals surface area contributed by atoms with Crippen LogP contribution in [0.3, 0.4) is 0 Å². The number of hydrogen-bond donors (Lipinski definition) is 2. The fourth-order valence-corrected chi connectivity index (χ4v) is 2.78. The van der Waals surface area contributed by atoms with Gasteiger partial charge in [0.2, 0.25) is 0 Å². The lowest BCUT2D eigenvalue weighted by Crippen LogP contribution is -2.49. The highest BCUT2D eigenvalue weighted by Crippen LogP contribution is 2.25. The van der Waals surface area contributed by atoms with Gasteiger partial charge < -0.3 is 10.4 Å². The molecule has 0 bridgehead atoms. The minimum absolute atomic E-state index is 0.486. The summed E-state index contributed by atoms with van der Waals surface area (Å²) in [5.41, 5.74) is 1.09. The molecule has 1 aromatic carbocycles. The number of rotatable bonds is 3. The number of carbonyl (C=O) groups is 1. The van der Waals surface area contributed by atoms with Gasteiger partial charge >= 0.3 is 5.97 Å². The van der Waals surface area contributed by atoms with E-state index in [1.54, 1.807) is 6.20 Å². The zero-order chi connectivity index (χ0) is 13.3. The molecule has 0 spiro atoms. The molecule has 2 aromatic rings. The number of para-hydroxylation sites is 1. The van der Waals surface area contributed by atoms with E-state index in [0.717, 1.165) is 29.4 Å². The quantitative estimate of drug-likeness (QED) is 0.881. The fraction of sp³-hybridized carbons (Fsp3) is 0.333. The third-order valence-corrected chi connectivity index (χ3v) is 3.81. The Bertz CT molecular complexity index is 618. The predicted molar refractivity (Wildman–Crippen MR) is 73.1 cm³/mol. The molecule has 4 heteroatoms. The summed E-state index contributed by atoms with van der Waals surface area (Å²) in [4.78, 5) is 15.9. The number of carboxylic acid groups (broad SMARTS) is 1. The molecule has 98 valence electrons. The Labute approximate surface area is 111 Å². The lowest BCUT2D eigenvalue weighted by Gasteiger charge is -2.24. The predicted octanol–water partition coefficient (Wildman–Crippen LogP) is 1.98. The van der Waals surface area contributed by atoms with Crippen LogP contribution in [0.15, 0.2) is 36.5 Å². The minimum Gasteiger partial charge on any atom is -0.480 e. The van der Waals surface area contributed by atoms with Crippen LogP contribution in [-0.2, 0) is 11.2 Å². The standard InChI is InChI=1S/C15H16N2O2/c18-14(19)15(6-3-7-17-15)9-11-8-12-4-1-2-5-13(12)16-10-11/h1-2,4-5,8,10,17H,3,6-7,9H2,(H,18,19). The molecule has 1 unspecified atom stereocenters. The van der Waals surface area contributed by atoms with E-state index in [0.29, 0.717) is 12.8 Å². The Morgan fingerprint density at radius 1 is 1.42 bits per heavy atom. The number of hydrogen-bond acceptors (Lipinski definition) is 3. The summed E-state index contributed by atoms with van der Waals surface area (Å²) in [5.74, 6) is -0.766. The maximum absolute atomic E-state index is 11.5. The van der Waals surface area contributed by atoms with E-state index in [1.165, 1.54) is 0 Å². The Balaban J connectivity index is 1.94. The molecule has 0 amide bonds. The van der Waals surface area contributed by atoms with Gasteiger partial charge in [0.1, 0.15) is 5.54 Å². The summed E-state index contributed by atoms with van der Waals surface area (Å²) >= 11 is 0. The van der Waals surface area contributed by atoms with Gasteiger partial charge in [0.05, 0.1) is 5.52 Å². The highest BCUT2D eigenvalue weighted by molar-refractivity contribution is 5.81. The number of aromatic nitrogens is 1. The van der Waals surface area contributed by atoms with E-state index in [-0.39, 0.29) is 0 Å². The van der Waals surface area contributed by atoms with Crippen LogP contribution in [0.2, 0.25) is 0 Å². The van der Waals surface area contributed by atoms with Crippen LogP contribution in [0.1, 0.15) is 18.4 Å². The van der Waals surface area contributed by atoms with Crippen molar-refractivity contribution in [3.63, 3.8) is 0 Å². The first-order valence-electron chi connectivity index (χ1n) is 6.52. The van der Waals surface area contributed by atoms with E-state index < -0.39 is 11.5 Å². The van der Waals surface area contributed by atoms with Crippen molar-refractivity contribution in [3.8, 4) is 0 Å². The van der Waals surface area contributed by atoms with Crippen LogP contribution >= 0.6 is 0 Å². The molecule has 0 radical (unpaired) electrons. The largest absolute Gasteiger partial charge is 0.480 e. The minimum atomic E-state index is -0.815. The van der Waals surface area contributed by atoms with Crippen molar-refractivity contribution in [2.75, 3.05) is 6.54 Å². The molecule has 4 nitrogen and oxygen atoms in total. The van der Waals surface area contributed by atoms with Crippen LogP contribution in [0.25, 0.3) is 10.9 Å². The molecule has 1 saturated heterocycles. The van der Waals surface area contributed by atoms with Crippen LogP contribution in [0.4, 0.5) is 0 Å². The van der Waals surface area contributed by atoms with Crippen molar-refractivity contribution in [2.45, 2.75) is 24.8 Å². The molecule has 2 N–H and O–H groups in total. The van der Waals surface area contributed by atoms with Crippen molar-refractivity contribution in [1.82, 2.24) is 10.3 Å². The van der Waals surface area contributed by atoms with E-state index in [2.05, 4.69) is 10.3 Å². The maximum Gasteiger partial charge on any atom is 0.324 e. The smallest absolute Gasteiger partial charge is 0.324 e. The molecule has 19 heavy (non-hydrogen) atoms. The van der Waals surface area contributed by atoms with Gasteiger partial charge in [-0.3, -0.25) is 9.78 Å². The summed E-state index contributed by atoms with van der Waals surface area (Å²) in [7, 11) is 0. The Kier molecular flexibility index (Phi) is 2.95. The van der Waals surface area contributed by atoms with E-state index in [1.807, 2.05) is 30.3 Å². The second-order valence-corrected chi connectivity index (χ2v) is 5.13. The molecule has 1 atom stereocenters. The highest BCUT2D eigenvalue weighted by atomic mass is 16.4. The third kappa shape index (κ3) is 2.19. The second kappa shape index (κ2) is 4.63. The molecular formula is C15H16N2O2. The first-order valence-corrected chi connectivity index (χ1v) is 6.52. The molecule has 0 saturated carbocycles. The molecule has 3 rings (SSSR count). The monoisotopic (exact) mass is 256 g/mol. The first kappa shape index (κ1) is 12.1. The van der Waals surface area contributed by atoms with Gasteiger partial charge in [0.15, 0.2) is 0 Å². The lowest BCUT2D eigenvalue weighted by molar-refractivity contribution is -0.144. The molecule has 1 aliphatic heterocycles. The highest BCUT2D eigenvalue weighted by Gasteiger charge is 2.41. The summed E-state index contributed by atoms with van der Waals surface area (Å²) in [5, 5.41) is 13.6. The number of aliphatic carboxylic acids is 1. The maximum atomic E-state index is 11.5. The van der Waals surface area contributed by atoms with Gasteiger partial charge in [-0.1, -0.05) is 18.2 Å². The molecule has 1 aromatic heterocycles. The third-order valence-electron chi connectivity index (χ3n) is 3.81. The first-order chi connectivity index (χ1) is 9.20. The Hall–Kier alpha value is -1.94. The number of carboxylic acids is 1. The van der Waals surface area contributed by atoms with Crippen molar-refractivity contribution < 1.29 is 9.90 Å². The van der Waals surface area contributed by atoms with Crippen molar-refractivity contribution >= 4 is 16.9 Å². The zero-order valence-corrected chi connectivity index (χ0v) is 10.6. The van der Waals surface area contributed by atoms with Crippen LogP contribution in [-0.4, -0.2) is 28.1 Å². The van der Waals surface area contributed by atoms with Gasteiger partial charge in [0.25, 0.3) is 0 Å². The van der Waals surface area contributed by atoms with Gasteiger partial charge in [-0.05, 0) is 37.1 Å². The molecule has 2 heterocycles. The van der Waals surface area contributed by atoms with Crippen molar-refractivity contribution in [1.29, 1.82) is 0 Å². The summed E-state index contributed by atoms with van der Waals surface area (Å²) in [6, 6.07) is 9.91. The normalized spacial score (nSPS) is 22.7. The van der Waals surface area contributed by atoms with Gasteiger partial charge in [-0.25, -0.2) is 0 Å². The van der Waals surface area contributed by atoms with Crippen LogP contribution < -0.4 is 5.32 Å². The van der Waals surface area contributed by atoms with Gasteiger partial charge in [-0.2, -0.15) is 0 Å². The average Bonchev–Trinajstić information content (AvgIpc) is 2.88. The zero-order valence-electron chi connectivity index (χ0n) is 10.6. The lowest BCUT2D eigenvalue weighted by atomic mass is 9.89. The molecule has 1 fully saturated rings. The number of nitrogens with zero attached hydrogens (tertiary/aromatic N) is 1. The van der Waals surface area contributed by atoms with Crippen molar-refractivity contribution in [3.05, 3.63) is 42.1 Å². The van der Waals surface area contributed by atoms with Gasteiger partial charge in [0, 0.05) is 18.0 Å². The molecular weight excluding hydrogens is 240 g/mol. The van der Waals surface area contributed by atoms with Crippen LogP contribution in [0, 0.1) is 0 Å². The Morgan fingerprint density at radius 3 is 3.00 bits per heavy atom. The molecule has 1 aliphatic rings. The second-order valence-electron chi connectivity index (χ2n) is 5.13. The number of pyridine rings is 1. The summed E-state index contributed by atoms with van der Waals surface area (Å²) in [6.07, 6.45) is 3.86. The fourth-order valence-electron chi connectivity index (χ4n) is 2.78.